The van der Waals surface area contributed by atoms with Gasteiger partial charge >= 0.3 is 0 Å². The minimum absolute atomic E-state index is 0.789. The molecule has 0 radical (unpaired) electrons. The Labute approximate surface area is 181 Å². The first-order valence-corrected chi connectivity index (χ1v) is 11.4. The van der Waals surface area contributed by atoms with Gasteiger partial charge < -0.3 is 10.6 Å². The topological polar surface area (TPSA) is 24.1 Å². The Kier molecular flexibility index (Phi) is 11.0. The van der Waals surface area contributed by atoms with Crippen LogP contribution in [0.4, 0.5) is 0 Å². The molecule has 3 rings (SSSR count). The van der Waals surface area contributed by atoms with Crippen molar-refractivity contribution in [2.24, 2.45) is 11.8 Å². The summed E-state index contributed by atoms with van der Waals surface area (Å²) in [4.78, 5) is 0. The van der Waals surface area contributed by atoms with E-state index in [2.05, 4.69) is 22.8 Å². The van der Waals surface area contributed by atoms with Crippen molar-refractivity contribution in [1.29, 1.82) is 0 Å². The molecule has 1 fully saturated rings. The van der Waals surface area contributed by atoms with Gasteiger partial charge in [-0.05, 0) is 73.9 Å². The van der Waals surface area contributed by atoms with Gasteiger partial charge in [0.15, 0.2) is 0 Å². The Bertz CT molecular complexity index is 622. The largest absolute Gasteiger partial charge is 0.312 e. The number of rotatable bonds is 8. The van der Waals surface area contributed by atoms with Crippen LogP contribution >= 0.6 is 23.2 Å². The van der Waals surface area contributed by atoms with E-state index in [1.54, 1.807) is 0 Å². The Morgan fingerprint density at radius 2 is 1.04 bits per heavy atom. The highest BCUT2D eigenvalue weighted by atomic mass is 35.5. The van der Waals surface area contributed by atoms with Gasteiger partial charge in [-0.2, -0.15) is 0 Å². The molecule has 4 heteroatoms. The van der Waals surface area contributed by atoms with Crippen molar-refractivity contribution in [2.45, 2.75) is 52.6 Å². The van der Waals surface area contributed by atoms with Crippen LogP contribution in [-0.2, 0) is 13.1 Å². The molecule has 2 aromatic rings. The molecule has 0 bridgehead atoms. The number of nitrogens with one attached hydrogen (secondary N) is 2. The van der Waals surface area contributed by atoms with Crippen molar-refractivity contribution in [1.82, 2.24) is 10.6 Å². The first kappa shape index (κ1) is 23.2. The Morgan fingerprint density at radius 1 is 0.679 bits per heavy atom. The van der Waals surface area contributed by atoms with Gasteiger partial charge in [-0.15, -0.1) is 0 Å². The Morgan fingerprint density at radius 3 is 1.39 bits per heavy atom. The maximum absolute atomic E-state index is 6.21. The fourth-order valence-corrected chi connectivity index (χ4v) is 4.15. The molecule has 1 saturated carbocycles. The van der Waals surface area contributed by atoms with Crippen LogP contribution in [0, 0.1) is 11.8 Å². The van der Waals surface area contributed by atoms with Crippen molar-refractivity contribution in [3.63, 3.8) is 0 Å². The molecule has 0 spiro atoms. The molecular weight excluding hydrogens is 387 g/mol. The fraction of sp³-hybridized carbons (Fsp3) is 0.500. The van der Waals surface area contributed by atoms with Gasteiger partial charge in [0.25, 0.3) is 0 Å². The van der Waals surface area contributed by atoms with Crippen molar-refractivity contribution >= 4 is 23.2 Å². The van der Waals surface area contributed by atoms with E-state index in [0.717, 1.165) is 48.1 Å². The molecule has 2 nitrogen and oxygen atoms in total. The zero-order valence-corrected chi connectivity index (χ0v) is 18.7. The SMILES string of the molecule is CC.Clc1ccccc1CNCC1CCC(CNCc2ccccc2Cl)CC1. The minimum atomic E-state index is 0.789. The summed E-state index contributed by atoms with van der Waals surface area (Å²) in [7, 11) is 0. The van der Waals surface area contributed by atoms with Crippen LogP contribution in [0.3, 0.4) is 0 Å². The van der Waals surface area contributed by atoms with Gasteiger partial charge in [-0.1, -0.05) is 73.4 Å². The predicted octanol–water partition coefficient (Wildman–Crippen LogP) is 6.71. The van der Waals surface area contributed by atoms with Crippen LogP contribution in [0.2, 0.25) is 10.0 Å². The molecule has 0 amide bonds. The summed E-state index contributed by atoms with van der Waals surface area (Å²) in [6.07, 6.45) is 5.25. The van der Waals surface area contributed by atoms with Gasteiger partial charge in [-0.25, -0.2) is 0 Å². The van der Waals surface area contributed by atoms with Gasteiger partial charge in [0, 0.05) is 23.1 Å². The van der Waals surface area contributed by atoms with E-state index in [4.69, 9.17) is 23.2 Å². The van der Waals surface area contributed by atoms with E-state index in [-0.39, 0.29) is 0 Å². The maximum Gasteiger partial charge on any atom is 0.0450 e. The molecule has 0 aromatic heterocycles. The lowest BCUT2D eigenvalue weighted by atomic mass is 9.82. The summed E-state index contributed by atoms with van der Waals surface area (Å²) in [6.45, 7) is 7.90. The highest BCUT2D eigenvalue weighted by Gasteiger charge is 2.20. The second kappa shape index (κ2) is 13.2. The first-order chi connectivity index (χ1) is 13.7. The molecule has 2 N–H and O–H groups in total. The minimum Gasteiger partial charge on any atom is -0.312 e. The summed E-state index contributed by atoms with van der Waals surface area (Å²) < 4.78 is 0. The highest BCUT2D eigenvalue weighted by molar-refractivity contribution is 6.31. The van der Waals surface area contributed by atoms with E-state index in [1.807, 2.05) is 50.2 Å². The average Bonchev–Trinajstić information content (AvgIpc) is 2.73. The quantitative estimate of drug-likeness (QED) is 0.495. The smallest absolute Gasteiger partial charge is 0.0450 e. The molecule has 1 aliphatic carbocycles. The van der Waals surface area contributed by atoms with Crippen molar-refractivity contribution in [3.8, 4) is 0 Å². The Hall–Kier alpha value is -1.06. The maximum atomic E-state index is 6.21. The van der Waals surface area contributed by atoms with E-state index in [0.29, 0.717) is 0 Å². The molecule has 2 aromatic carbocycles. The summed E-state index contributed by atoms with van der Waals surface area (Å²) in [6, 6.07) is 16.2. The van der Waals surface area contributed by atoms with Crippen molar-refractivity contribution in [2.75, 3.05) is 13.1 Å². The van der Waals surface area contributed by atoms with Crippen LogP contribution in [0.1, 0.15) is 50.7 Å². The van der Waals surface area contributed by atoms with Crippen molar-refractivity contribution < 1.29 is 0 Å². The van der Waals surface area contributed by atoms with Crippen molar-refractivity contribution in [3.05, 3.63) is 69.7 Å². The number of hydrogen-bond donors (Lipinski definition) is 2. The third-order valence-corrected chi connectivity index (χ3v) is 6.12. The summed E-state index contributed by atoms with van der Waals surface area (Å²) >= 11 is 12.4. The fourth-order valence-electron chi connectivity index (χ4n) is 3.75. The zero-order chi connectivity index (χ0) is 20.2. The van der Waals surface area contributed by atoms with Crippen LogP contribution in [-0.4, -0.2) is 13.1 Å². The van der Waals surface area contributed by atoms with E-state index < -0.39 is 0 Å². The van der Waals surface area contributed by atoms with Crippen LogP contribution in [0.5, 0.6) is 0 Å². The number of hydrogen-bond acceptors (Lipinski definition) is 2. The van der Waals surface area contributed by atoms with Crippen LogP contribution in [0.15, 0.2) is 48.5 Å². The molecule has 28 heavy (non-hydrogen) atoms. The monoisotopic (exact) mass is 420 g/mol. The zero-order valence-electron chi connectivity index (χ0n) is 17.2. The van der Waals surface area contributed by atoms with E-state index in [1.165, 1.54) is 36.8 Å². The molecule has 0 heterocycles. The first-order valence-electron chi connectivity index (χ1n) is 10.6. The molecule has 0 aliphatic heterocycles. The second-order valence-corrected chi connectivity index (χ2v) is 8.15. The lowest BCUT2D eigenvalue weighted by molar-refractivity contribution is 0.261. The molecule has 0 unspecified atom stereocenters. The van der Waals surface area contributed by atoms with Gasteiger partial charge in [0.05, 0.1) is 0 Å². The molecule has 0 atom stereocenters. The molecule has 0 saturated heterocycles. The van der Waals surface area contributed by atoms with Crippen LogP contribution in [0.25, 0.3) is 0 Å². The highest BCUT2D eigenvalue weighted by Crippen LogP contribution is 2.28. The standard InChI is InChI=1S/C22H28Cl2N2.C2H6/c23-21-7-3-1-5-19(21)15-25-13-17-9-11-18(12-10-17)14-26-16-20-6-2-4-8-22(20)24;1-2/h1-8,17-18,25-26H,9-16H2;1-2H3. The van der Waals surface area contributed by atoms with Gasteiger partial charge in [0.1, 0.15) is 0 Å². The Balaban J connectivity index is 0.00000136. The second-order valence-electron chi connectivity index (χ2n) is 7.33. The summed E-state index contributed by atoms with van der Waals surface area (Å²) in [5, 5.41) is 8.88. The molecule has 1 aliphatic rings. The third kappa shape index (κ3) is 7.75. The van der Waals surface area contributed by atoms with Gasteiger partial charge in [-0.3, -0.25) is 0 Å². The van der Waals surface area contributed by atoms with E-state index >= 15 is 0 Å². The number of halogens is 2. The van der Waals surface area contributed by atoms with E-state index in [9.17, 15) is 0 Å². The molecular formula is C24H34Cl2N2. The third-order valence-electron chi connectivity index (χ3n) is 5.38. The normalized spacial score (nSPS) is 19.0. The summed E-state index contributed by atoms with van der Waals surface area (Å²) in [5.41, 5.74) is 2.37. The predicted molar refractivity (Wildman–Crippen MR) is 123 cm³/mol. The molecule has 154 valence electrons. The summed E-state index contributed by atoms with van der Waals surface area (Å²) in [5.74, 6) is 1.58. The number of benzene rings is 2. The van der Waals surface area contributed by atoms with Gasteiger partial charge in [0.2, 0.25) is 0 Å². The average molecular weight is 421 g/mol. The lowest BCUT2D eigenvalue weighted by Gasteiger charge is -2.29. The lowest BCUT2D eigenvalue weighted by Crippen LogP contribution is -2.30. The van der Waals surface area contributed by atoms with Crippen LogP contribution < -0.4 is 10.6 Å².